The first-order valence-electron chi connectivity index (χ1n) is 6.03. The highest BCUT2D eigenvalue weighted by atomic mass is 16.3. The van der Waals surface area contributed by atoms with Crippen molar-refractivity contribution in [1.29, 1.82) is 0 Å². The van der Waals surface area contributed by atoms with E-state index in [4.69, 9.17) is 5.73 Å². The summed E-state index contributed by atoms with van der Waals surface area (Å²) in [7, 11) is 0. The van der Waals surface area contributed by atoms with Crippen molar-refractivity contribution in [3.05, 3.63) is 47.7 Å². The Morgan fingerprint density at radius 2 is 1.76 bits per heavy atom. The van der Waals surface area contributed by atoms with Gasteiger partial charge in [0.1, 0.15) is 5.76 Å². The fourth-order valence-electron chi connectivity index (χ4n) is 1.11. The highest BCUT2D eigenvalue weighted by Crippen LogP contribution is 2.19. The minimum absolute atomic E-state index is 0.126. The van der Waals surface area contributed by atoms with Crippen LogP contribution in [0, 0.1) is 6.92 Å². The standard InChI is InChI=1S/C11H13NO.2C2H6/c1-3-9(13)7-10-8(2)5-4-6-11(10)12;2*1-2/h3-7,13H,1,12H2,2H3;2*1-2H3/b9-7+;;. The van der Waals surface area contributed by atoms with Crippen molar-refractivity contribution in [2.45, 2.75) is 34.6 Å². The topological polar surface area (TPSA) is 46.2 Å². The summed E-state index contributed by atoms with van der Waals surface area (Å²) < 4.78 is 0. The molecule has 0 saturated heterocycles. The van der Waals surface area contributed by atoms with Gasteiger partial charge in [-0.3, -0.25) is 0 Å². The van der Waals surface area contributed by atoms with Crippen molar-refractivity contribution in [3.8, 4) is 0 Å². The van der Waals surface area contributed by atoms with Crippen LogP contribution in [-0.2, 0) is 0 Å². The predicted octanol–water partition coefficient (Wildman–Crippen LogP) is 4.71. The average molecular weight is 235 g/mol. The van der Waals surface area contributed by atoms with Crippen LogP contribution < -0.4 is 5.73 Å². The van der Waals surface area contributed by atoms with Crippen molar-refractivity contribution in [2.75, 3.05) is 5.73 Å². The fourth-order valence-corrected chi connectivity index (χ4v) is 1.11. The van der Waals surface area contributed by atoms with E-state index in [2.05, 4.69) is 6.58 Å². The quantitative estimate of drug-likeness (QED) is 0.443. The van der Waals surface area contributed by atoms with E-state index in [1.54, 1.807) is 12.1 Å². The number of benzene rings is 1. The van der Waals surface area contributed by atoms with Gasteiger partial charge in [-0.1, -0.05) is 46.4 Å². The number of aryl methyl sites for hydroxylation is 1. The van der Waals surface area contributed by atoms with Crippen molar-refractivity contribution < 1.29 is 5.11 Å². The molecule has 0 amide bonds. The van der Waals surface area contributed by atoms with E-state index in [1.807, 2.05) is 46.8 Å². The molecule has 17 heavy (non-hydrogen) atoms. The molecule has 0 spiro atoms. The molecule has 0 fully saturated rings. The average Bonchev–Trinajstić information content (AvgIpc) is 2.38. The van der Waals surface area contributed by atoms with Crippen LogP contribution in [-0.4, -0.2) is 5.11 Å². The molecule has 0 saturated carbocycles. The summed E-state index contributed by atoms with van der Waals surface area (Å²) in [6.07, 6.45) is 2.99. The Hall–Kier alpha value is -1.70. The summed E-state index contributed by atoms with van der Waals surface area (Å²) in [4.78, 5) is 0. The van der Waals surface area contributed by atoms with Gasteiger partial charge >= 0.3 is 0 Å². The van der Waals surface area contributed by atoms with Gasteiger partial charge in [-0.15, -0.1) is 0 Å². The summed E-state index contributed by atoms with van der Waals surface area (Å²) in [5, 5.41) is 9.25. The molecule has 3 N–H and O–H groups in total. The molecular formula is C15H25NO. The number of hydrogen-bond acceptors (Lipinski definition) is 2. The third-order valence-electron chi connectivity index (χ3n) is 1.86. The molecule has 0 aliphatic rings. The highest BCUT2D eigenvalue weighted by molar-refractivity contribution is 5.69. The molecule has 2 heteroatoms. The molecule has 0 bridgehead atoms. The van der Waals surface area contributed by atoms with Gasteiger partial charge in [-0.2, -0.15) is 0 Å². The SMILES string of the molecule is C=C/C(O)=C\c1c(C)cccc1N.CC.CC. The highest BCUT2D eigenvalue weighted by Gasteiger charge is 1.99. The number of aliphatic hydroxyl groups is 1. The number of hydrogen-bond donors (Lipinski definition) is 2. The number of anilines is 1. The third-order valence-corrected chi connectivity index (χ3v) is 1.86. The van der Waals surface area contributed by atoms with E-state index in [1.165, 1.54) is 6.08 Å². The first-order valence-corrected chi connectivity index (χ1v) is 6.03. The summed E-state index contributed by atoms with van der Waals surface area (Å²) in [5.41, 5.74) is 8.28. The Labute approximate surface area is 105 Å². The molecule has 0 aliphatic carbocycles. The molecule has 1 aromatic carbocycles. The Bertz CT molecular complexity index is 334. The Balaban J connectivity index is 0. The summed E-state index contributed by atoms with van der Waals surface area (Å²) in [6.45, 7) is 13.4. The maximum Gasteiger partial charge on any atom is 0.115 e. The van der Waals surface area contributed by atoms with Crippen LogP contribution in [0.1, 0.15) is 38.8 Å². The molecular weight excluding hydrogens is 210 g/mol. The van der Waals surface area contributed by atoms with Gasteiger partial charge in [0.2, 0.25) is 0 Å². The van der Waals surface area contributed by atoms with E-state index in [9.17, 15) is 5.11 Å². The summed E-state index contributed by atoms with van der Waals surface area (Å²) in [5.74, 6) is 0.126. The lowest BCUT2D eigenvalue weighted by Crippen LogP contribution is -1.92. The van der Waals surface area contributed by atoms with Crippen molar-refractivity contribution in [1.82, 2.24) is 0 Å². The maximum absolute atomic E-state index is 9.25. The number of nitrogens with two attached hydrogens (primary N) is 1. The molecule has 1 aromatic rings. The molecule has 96 valence electrons. The van der Waals surface area contributed by atoms with E-state index in [0.29, 0.717) is 5.69 Å². The first-order chi connectivity index (χ1) is 8.15. The van der Waals surface area contributed by atoms with Crippen molar-refractivity contribution >= 4 is 11.8 Å². The second-order valence-electron chi connectivity index (χ2n) is 2.85. The minimum Gasteiger partial charge on any atom is -0.508 e. The van der Waals surface area contributed by atoms with Gasteiger partial charge in [0, 0.05) is 11.3 Å². The van der Waals surface area contributed by atoms with Crippen LogP contribution in [0.2, 0.25) is 0 Å². The maximum atomic E-state index is 9.25. The molecule has 0 aromatic heterocycles. The lowest BCUT2D eigenvalue weighted by molar-refractivity contribution is 0.438. The lowest BCUT2D eigenvalue weighted by atomic mass is 10.1. The van der Waals surface area contributed by atoms with Gasteiger partial charge in [0.15, 0.2) is 0 Å². The van der Waals surface area contributed by atoms with E-state index >= 15 is 0 Å². The van der Waals surface area contributed by atoms with Gasteiger partial charge in [-0.25, -0.2) is 0 Å². The number of allylic oxidation sites excluding steroid dienone is 1. The number of aliphatic hydroxyl groups excluding tert-OH is 1. The smallest absolute Gasteiger partial charge is 0.115 e. The van der Waals surface area contributed by atoms with Crippen LogP contribution in [0.4, 0.5) is 5.69 Å². The first kappa shape index (κ1) is 17.7. The second kappa shape index (κ2) is 10.8. The second-order valence-corrected chi connectivity index (χ2v) is 2.85. The van der Waals surface area contributed by atoms with Gasteiger partial charge in [0.05, 0.1) is 0 Å². The van der Waals surface area contributed by atoms with Crippen LogP contribution in [0.25, 0.3) is 6.08 Å². The Morgan fingerprint density at radius 3 is 2.18 bits per heavy atom. The van der Waals surface area contributed by atoms with Crippen LogP contribution in [0.15, 0.2) is 36.6 Å². The lowest BCUT2D eigenvalue weighted by Gasteiger charge is -2.04. The fraction of sp³-hybridized carbons (Fsp3) is 0.333. The summed E-state index contributed by atoms with van der Waals surface area (Å²) in [6, 6.07) is 5.63. The zero-order valence-electron chi connectivity index (χ0n) is 11.6. The monoisotopic (exact) mass is 235 g/mol. The number of rotatable bonds is 2. The number of nitrogen functional groups attached to an aromatic ring is 1. The van der Waals surface area contributed by atoms with Crippen LogP contribution in [0.3, 0.4) is 0 Å². The van der Waals surface area contributed by atoms with Crippen LogP contribution in [0.5, 0.6) is 0 Å². The normalized spacial score (nSPS) is 9.35. The predicted molar refractivity (Wildman–Crippen MR) is 79.1 cm³/mol. The Kier molecular flexibility index (Phi) is 11.2. The van der Waals surface area contributed by atoms with E-state index < -0.39 is 0 Å². The molecule has 0 heterocycles. The Morgan fingerprint density at radius 1 is 1.24 bits per heavy atom. The molecule has 0 atom stereocenters. The largest absolute Gasteiger partial charge is 0.508 e. The molecule has 2 nitrogen and oxygen atoms in total. The molecule has 0 aliphatic heterocycles. The summed E-state index contributed by atoms with van der Waals surface area (Å²) >= 11 is 0. The van der Waals surface area contributed by atoms with Gasteiger partial charge in [0.25, 0.3) is 0 Å². The zero-order valence-corrected chi connectivity index (χ0v) is 11.6. The van der Waals surface area contributed by atoms with Crippen molar-refractivity contribution in [2.24, 2.45) is 0 Å². The van der Waals surface area contributed by atoms with E-state index in [0.717, 1.165) is 11.1 Å². The molecule has 1 rings (SSSR count). The zero-order chi connectivity index (χ0) is 13.8. The van der Waals surface area contributed by atoms with E-state index in [-0.39, 0.29) is 5.76 Å². The van der Waals surface area contributed by atoms with Gasteiger partial charge in [-0.05, 0) is 30.7 Å². The third kappa shape index (κ3) is 6.46. The minimum atomic E-state index is 0.126. The molecule has 0 unspecified atom stereocenters. The van der Waals surface area contributed by atoms with Gasteiger partial charge < -0.3 is 10.8 Å². The van der Waals surface area contributed by atoms with Crippen LogP contribution >= 0.6 is 0 Å². The van der Waals surface area contributed by atoms with Crippen molar-refractivity contribution in [3.63, 3.8) is 0 Å². The molecule has 0 radical (unpaired) electrons.